The lowest BCUT2D eigenvalue weighted by Crippen LogP contribution is -2.31. The van der Waals surface area contributed by atoms with Crippen LogP contribution in [-0.4, -0.2) is 49.9 Å². The fraction of sp³-hybridized carbons (Fsp3) is 0.333. The van der Waals surface area contributed by atoms with E-state index < -0.39 is 0 Å². The Hall–Kier alpha value is -3.52. The van der Waals surface area contributed by atoms with E-state index in [2.05, 4.69) is 21.3 Å². The number of hydrogen-bond acceptors (Lipinski definition) is 8. The van der Waals surface area contributed by atoms with E-state index in [-0.39, 0.29) is 0 Å². The molecule has 0 saturated carbocycles. The van der Waals surface area contributed by atoms with Crippen molar-refractivity contribution in [3.8, 4) is 23.0 Å². The van der Waals surface area contributed by atoms with E-state index in [1.807, 2.05) is 36.5 Å². The van der Waals surface area contributed by atoms with Gasteiger partial charge in [-0.2, -0.15) is 0 Å². The second kappa shape index (κ2) is 9.74. The zero-order valence-corrected chi connectivity index (χ0v) is 18.8. The number of benzene rings is 2. The minimum absolute atomic E-state index is 0.557. The van der Waals surface area contributed by atoms with E-state index in [0.717, 1.165) is 60.1 Å². The zero-order chi connectivity index (χ0) is 22.5. The number of fused-ring (bicyclic) bond motifs is 1. The lowest BCUT2D eigenvalue weighted by molar-refractivity contribution is 0.238. The van der Waals surface area contributed by atoms with Crippen molar-refractivity contribution in [2.45, 2.75) is 19.5 Å². The molecule has 2 heterocycles. The van der Waals surface area contributed by atoms with Crippen molar-refractivity contribution in [3.63, 3.8) is 0 Å². The lowest BCUT2D eigenvalue weighted by atomic mass is 10.1. The maximum atomic E-state index is 5.58. The van der Waals surface area contributed by atoms with Crippen molar-refractivity contribution in [2.75, 3.05) is 40.3 Å². The van der Waals surface area contributed by atoms with Crippen LogP contribution in [0, 0.1) is 0 Å². The molecule has 8 nitrogen and oxygen atoms in total. The summed E-state index contributed by atoms with van der Waals surface area (Å²) >= 11 is 0. The van der Waals surface area contributed by atoms with E-state index in [1.54, 1.807) is 28.4 Å². The SMILES string of the molecule is COc1cc(Nc2ncc3c(n2)CCN(Cc2cccc(OC)c2OC)C3)cc(OC)c1. The number of hydrogen-bond donors (Lipinski definition) is 1. The summed E-state index contributed by atoms with van der Waals surface area (Å²) < 4.78 is 21.7. The molecular weight excluding hydrogens is 408 g/mol. The zero-order valence-electron chi connectivity index (χ0n) is 18.8. The number of methoxy groups -OCH3 is 4. The average Bonchev–Trinajstić information content (AvgIpc) is 2.83. The maximum Gasteiger partial charge on any atom is 0.227 e. The predicted molar refractivity (Wildman–Crippen MR) is 122 cm³/mol. The Morgan fingerprint density at radius 1 is 0.969 bits per heavy atom. The molecule has 2 aromatic carbocycles. The van der Waals surface area contributed by atoms with Crippen LogP contribution in [0.3, 0.4) is 0 Å². The molecule has 1 N–H and O–H groups in total. The first-order chi connectivity index (χ1) is 15.6. The first-order valence-corrected chi connectivity index (χ1v) is 10.4. The highest BCUT2D eigenvalue weighted by Gasteiger charge is 2.21. The third-order valence-corrected chi connectivity index (χ3v) is 5.50. The summed E-state index contributed by atoms with van der Waals surface area (Å²) in [5, 5.41) is 3.26. The molecular formula is C24H28N4O4. The van der Waals surface area contributed by atoms with Gasteiger partial charge in [-0.05, 0) is 6.07 Å². The fourth-order valence-corrected chi connectivity index (χ4v) is 3.90. The maximum absolute atomic E-state index is 5.58. The van der Waals surface area contributed by atoms with E-state index in [1.165, 1.54) is 0 Å². The fourth-order valence-electron chi connectivity index (χ4n) is 3.90. The predicted octanol–water partition coefficient (Wildman–Crippen LogP) is 3.81. The molecule has 0 amide bonds. The average molecular weight is 437 g/mol. The molecule has 168 valence electrons. The van der Waals surface area contributed by atoms with Crippen LogP contribution in [0.5, 0.6) is 23.0 Å². The van der Waals surface area contributed by atoms with Crippen LogP contribution in [0.4, 0.5) is 11.6 Å². The highest BCUT2D eigenvalue weighted by Crippen LogP contribution is 2.33. The molecule has 1 aliphatic rings. The van der Waals surface area contributed by atoms with Crippen molar-refractivity contribution in [2.24, 2.45) is 0 Å². The van der Waals surface area contributed by atoms with E-state index in [9.17, 15) is 0 Å². The van der Waals surface area contributed by atoms with Gasteiger partial charge < -0.3 is 24.3 Å². The van der Waals surface area contributed by atoms with Crippen LogP contribution in [0.25, 0.3) is 0 Å². The minimum Gasteiger partial charge on any atom is -0.497 e. The largest absolute Gasteiger partial charge is 0.497 e. The summed E-state index contributed by atoms with van der Waals surface area (Å²) in [5.41, 5.74) is 4.10. The third-order valence-electron chi connectivity index (χ3n) is 5.50. The molecule has 1 aromatic heterocycles. The van der Waals surface area contributed by atoms with Gasteiger partial charge in [0.2, 0.25) is 5.95 Å². The van der Waals surface area contributed by atoms with Crippen molar-refractivity contribution < 1.29 is 18.9 Å². The first-order valence-electron chi connectivity index (χ1n) is 10.4. The molecule has 0 fully saturated rings. The van der Waals surface area contributed by atoms with Gasteiger partial charge >= 0.3 is 0 Å². The molecule has 3 aromatic rings. The third kappa shape index (κ3) is 4.70. The van der Waals surface area contributed by atoms with Gasteiger partial charge in [0.15, 0.2) is 11.5 Å². The molecule has 0 radical (unpaired) electrons. The number of rotatable bonds is 8. The second-order valence-corrected chi connectivity index (χ2v) is 7.51. The number of nitrogens with one attached hydrogen (secondary N) is 1. The van der Waals surface area contributed by atoms with Crippen molar-refractivity contribution in [1.29, 1.82) is 0 Å². The highest BCUT2D eigenvalue weighted by atomic mass is 16.5. The minimum atomic E-state index is 0.557. The molecule has 32 heavy (non-hydrogen) atoms. The van der Waals surface area contributed by atoms with Crippen molar-refractivity contribution in [1.82, 2.24) is 14.9 Å². The smallest absolute Gasteiger partial charge is 0.227 e. The molecule has 8 heteroatoms. The van der Waals surface area contributed by atoms with Crippen LogP contribution in [0.15, 0.2) is 42.6 Å². The Labute approximate surface area is 188 Å². The molecule has 1 aliphatic heterocycles. The molecule has 0 aliphatic carbocycles. The Morgan fingerprint density at radius 2 is 1.75 bits per heavy atom. The van der Waals surface area contributed by atoms with Gasteiger partial charge in [0.1, 0.15) is 11.5 Å². The van der Waals surface area contributed by atoms with Gasteiger partial charge in [-0.1, -0.05) is 12.1 Å². The number of nitrogens with zero attached hydrogens (tertiary/aromatic N) is 3. The van der Waals surface area contributed by atoms with Gasteiger partial charge in [0.05, 0.1) is 34.1 Å². The van der Waals surface area contributed by atoms with E-state index in [4.69, 9.17) is 23.9 Å². The number of ether oxygens (including phenoxy) is 4. The highest BCUT2D eigenvalue weighted by molar-refractivity contribution is 5.59. The molecule has 0 bridgehead atoms. The number of anilines is 2. The first kappa shape index (κ1) is 21.7. The normalized spacial score (nSPS) is 13.2. The molecule has 0 saturated heterocycles. The standard InChI is InChI=1S/C24H28N4O4/c1-29-19-10-18(11-20(12-19)30-2)26-24-25-13-17-15-28(9-8-21(17)27-24)14-16-6-5-7-22(31-3)23(16)32-4/h5-7,10-13H,8-9,14-15H2,1-4H3,(H,25,26,27). The Balaban J connectivity index is 1.47. The van der Waals surface area contributed by atoms with Crippen LogP contribution in [0.2, 0.25) is 0 Å². The van der Waals surface area contributed by atoms with Crippen LogP contribution < -0.4 is 24.3 Å². The van der Waals surface area contributed by atoms with Crippen molar-refractivity contribution >= 4 is 11.6 Å². The monoisotopic (exact) mass is 436 g/mol. The van der Waals surface area contributed by atoms with Crippen molar-refractivity contribution in [3.05, 3.63) is 59.4 Å². The quantitative estimate of drug-likeness (QED) is 0.571. The second-order valence-electron chi connectivity index (χ2n) is 7.51. The lowest BCUT2D eigenvalue weighted by Gasteiger charge is -2.28. The summed E-state index contributed by atoms with van der Waals surface area (Å²) in [6.45, 7) is 2.45. The molecule has 0 spiro atoms. The molecule has 4 rings (SSSR count). The van der Waals surface area contributed by atoms with Crippen LogP contribution in [0.1, 0.15) is 16.8 Å². The summed E-state index contributed by atoms with van der Waals surface area (Å²) in [5.74, 6) is 3.49. The van der Waals surface area contributed by atoms with Gasteiger partial charge in [-0.25, -0.2) is 9.97 Å². The summed E-state index contributed by atoms with van der Waals surface area (Å²) in [7, 11) is 6.58. The summed E-state index contributed by atoms with van der Waals surface area (Å²) in [6, 6.07) is 11.6. The number of para-hydroxylation sites is 1. The van der Waals surface area contributed by atoms with Gasteiger partial charge in [-0.15, -0.1) is 0 Å². The Morgan fingerprint density at radius 3 is 2.44 bits per heavy atom. The van der Waals surface area contributed by atoms with Crippen LogP contribution in [-0.2, 0) is 19.5 Å². The number of aromatic nitrogens is 2. The van der Waals surface area contributed by atoms with Gasteiger partial charge in [-0.3, -0.25) is 4.90 Å². The topological polar surface area (TPSA) is 78.0 Å². The van der Waals surface area contributed by atoms with Gasteiger partial charge in [0.25, 0.3) is 0 Å². The van der Waals surface area contributed by atoms with E-state index in [0.29, 0.717) is 17.4 Å². The van der Waals surface area contributed by atoms with Crippen LogP contribution >= 0.6 is 0 Å². The van der Waals surface area contributed by atoms with E-state index >= 15 is 0 Å². The molecule has 0 atom stereocenters. The Kier molecular flexibility index (Phi) is 6.61. The Bertz CT molecular complexity index is 1070. The molecule has 0 unspecified atom stereocenters. The summed E-state index contributed by atoms with van der Waals surface area (Å²) in [4.78, 5) is 11.6. The summed E-state index contributed by atoms with van der Waals surface area (Å²) in [6.07, 6.45) is 2.75. The van der Waals surface area contributed by atoms with Gasteiger partial charge in [0, 0.05) is 67.3 Å².